The summed E-state index contributed by atoms with van der Waals surface area (Å²) in [5.74, 6) is 0.835. The highest BCUT2D eigenvalue weighted by atomic mass is 15.3. The SMILES string of the molecule is CCCn1cnnc1NC. The van der Waals surface area contributed by atoms with E-state index in [0.29, 0.717) is 0 Å². The second-order valence-electron chi connectivity index (χ2n) is 2.10. The lowest BCUT2D eigenvalue weighted by Gasteiger charge is -2.01. The first kappa shape index (κ1) is 7.05. The molecular formula is C6H12N4. The molecule has 0 spiro atoms. The van der Waals surface area contributed by atoms with Crippen molar-refractivity contribution in [2.45, 2.75) is 19.9 Å². The third-order valence-electron chi connectivity index (χ3n) is 1.30. The molecule has 1 aromatic rings. The van der Waals surface area contributed by atoms with E-state index in [9.17, 15) is 0 Å². The number of anilines is 1. The molecule has 0 saturated heterocycles. The van der Waals surface area contributed by atoms with Gasteiger partial charge in [0, 0.05) is 13.6 Å². The van der Waals surface area contributed by atoms with Crippen LogP contribution in [0.15, 0.2) is 6.33 Å². The van der Waals surface area contributed by atoms with Gasteiger partial charge in [-0.3, -0.25) is 0 Å². The van der Waals surface area contributed by atoms with Gasteiger partial charge < -0.3 is 9.88 Å². The van der Waals surface area contributed by atoms with Gasteiger partial charge in [0.05, 0.1) is 0 Å². The fraction of sp³-hybridized carbons (Fsp3) is 0.667. The Morgan fingerprint density at radius 2 is 2.50 bits per heavy atom. The van der Waals surface area contributed by atoms with Gasteiger partial charge in [-0.2, -0.15) is 0 Å². The van der Waals surface area contributed by atoms with Crippen LogP contribution in [0.1, 0.15) is 13.3 Å². The number of nitrogens with one attached hydrogen (secondary N) is 1. The Morgan fingerprint density at radius 3 is 3.10 bits per heavy atom. The third kappa shape index (κ3) is 1.26. The van der Waals surface area contributed by atoms with Crippen LogP contribution in [0.4, 0.5) is 5.95 Å². The normalized spacial score (nSPS) is 9.80. The highest BCUT2D eigenvalue weighted by Gasteiger charge is 1.97. The molecule has 0 aliphatic carbocycles. The van der Waals surface area contributed by atoms with Gasteiger partial charge in [-0.15, -0.1) is 10.2 Å². The van der Waals surface area contributed by atoms with Crippen molar-refractivity contribution in [3.8, 4) is 0 Å². The predicted octanol–water partition coefficient (Wildman–Crippen LogP) is 0.730. The van der Waals surface area contributed by atoms with E-state index in [1.54, 1.807) is 6.33 Å². The smallest absolute Gasteiger partial charge is 0.224 e. The van der Waals surface area contributed by atoms with Gasteiger partial charge in [-0.05, 0) is 6.42 Å². The molecule has 0 radical (unpaired) electrons. The van der Waals surface area contributed by atoms with E-state index in [2.05, 4.69) is 22.4 Å². The van der Waals surface area contributed by atoms with Crippen LogP contribution >= 0.6 is 0 Å². The van der Waals surface area contributed by atoms with Gasteiger partial charge in [0.15, 0.2) is 0 Å². The predicted molar refractivity (Wildman–Crippen MR) is 39.9 cm³/mol. The van der Waals surface area contributed by atoms with Crippen molar-refractivity contribution >= 4 is 5.95 Å². The lowest BCUT2D eigenvalue weighted by molar-refractivity contribution is 0.682. The lowest BCUT2D eigenvalue weighted by Crippen LogP contribution is -2.01. The summed E-state index contributed by atoms with van der Waals surface area (Å²) in [6.45, 7) is 3.10. The molecule has 0 aromatic carbocycles. The molecule has 0 fully saturated rings. The van der Waals surface area contributed by atoms with Gasteiger partial charge in [0.25, 0.3) is 0 Å². The standard InChI is InChI=1S/C6H12N4/c1-3-4-10-5-8-9-6(10)7-2/h5H,3-4H2,1-2H3,(H,7,9). The van der Waals surface area contributed by atoms with Crippen LogP contribution < -0.4 is 5.32 Å². The molecule has 0 aliphatic rings. The van der Waals surface area contributed by atoms with E-state index in [-0.39, 0.29) is 0 Å². The van der Waals surface area contributed by atoms with Crippen LogP contribution in [-0.2, 0) is 6.54 Å². The summed E-state index contributed by atoms with van der Waals surface area (Å²) >= 11 is 0. The number of hydrogen-bond donors (Lipinski definition) is 1. The molecule has 0 bridgehead atoms. The van der Waals surface area contributed by atoms with Crippen molar-refractivity contribution in [2.24, 2.45) is 0 Å². The fourth-order valence-electron chi connectivity index (χ4n) is 0.853. The molecule has 4 heteroatoms. The van der Waals surface area contributed by atoms with Crippen LogP contribution in [0.5, 0.6) is 0 Å². The average Bonchev–Trinajstić information content (AvgIpc) is 2.36. The minimum atomic E-state index is 0.835. The number of rotatable bonds is 3. The molecule has 0 saturated carbocycles. The maximum atomic E-state index is 3.86. The summed E-state index contributed by atoms with van der Waals surface area (Å²) < 4.78 is 1.99. The van der Waals surface area contributed by atoms with Crippen molar-refractivity contribution in [1.29, 1.82) is 0 Å². The molecule has 1 N–H and O–H groups in total. The van der Waals surface area contributed by atoms with Crippen molar-refractivity contribution < 1.29 is 0 Å². The fourth-order valence-corrected chi connectivity index (χ4v) is 0.853. The van der Waals surface area contributed by atoms with Gasteiger partial charge in [0.2, 0.25) is 5.95 Å². The Kier molecular flexibility index (Phi) is 2.25. The first-order valence-corrected chi connectivity index (χ1v) is 3.44. The zero-order chi connectivity index (χ0) is 7.40. The second kappa shape index (κ2) is 3.20. The summed E-state index contributed by atoms with van der Waals surface area (Å²) in [5.41, 5.74) is 0. The van der Waals surface area contributed by atoms with Crippen LogP contribution in [-0.4, -0.2) is 21.8 Å². The summed E-state index contributed by atoms with van der Waals surface area (Å²) in [5, 5.41) is 10.6. The number of nitrogens with zero attached hydrogens (tertiary/aromatic N) is 3. The Hall–Kier alpha value is -1.06. The van der Waals surface area contributed by atoms with Gasteiger partial charge in [-0.1, -0.05) is 6.92 Å². The second-order valence-corrected chi connectivity index (χ2v) is 2.10. The van der Waals surface area contributed by atoms with Crippen molar-refractivity contribution in [2.75, 3.05) is 12.4 Å². The van der Waals surface area contributed by atoms with Crippen molar-refractivity contribution in [3.05, 3.63) is 6.33 Å². The van der Waals surface area contributed by atoms with E-state index < -0.39 is 0 Å². The highest BCUT2D eigenvalue weighted by molar-refractivity contribution is 5.21. The summed E-state index contributed by atoms with van der Waals surface area (Å²) in [6.07, 6.45) is 2.84. The highest BCUT2D eigenvalue weighted by Crippen LogP contribution is 2.00. The van der Waals surface area contributed by atoms with Crippen molar-refractivity contribution in [1.82, 2.24) is 14.8 Å². The molecule has 56 valence electrons. The van der Waals surface area contributed by atoms with Gasteiger partial charge in [-0.25, -0.2) is 0 Å². The molecule has 0 amide bonds. The van der Waals surface area contributed by atoms with E-state index >= 15 is 0 Å². The zero-order valence-electron chi connectivity index (χ0n) is 6.33. The van der Waals surface area contributed by atoms with Crippen molar-refractivity contribution in [3.63, 3.8) is 0 Å². The van der Waals surface area contributed by atoms with Gasteiger partial charge >= 0.3 is 0 Å². The van der Waals surface area contributed by atoms with Crippen LogP contribution in [0, 0.1) is 0 Å². The Morgan fingerprint density at radius 1 is 1.70 bits per heavy atom. The Bertz CT molecular complexity index is 193. The molecule has 0 unspecified atom stereocenters. The molecule has 1 heterocycles. The number of aryl methyl sites for hydroxylation is 1. The summed E-state index contributed by atoms with van der Waals surface area (Å²) in [4.78, 5) is 0. The first-order chi connectivity index (χ1) is 4.88. The molecular weight excluding hydrogens is 128 g/mol. The number of aromatic nitrogens is 3. The maximum Gasteiger partial charge on any atom is 0.224 e. The summed E-state index contributed by atoms with van der Waals surface area (Å²) in [6, 6.07) is 0. The van der Waals surface area contributed by atoms with Crippen LogP contribution in [0.25, 0.3) is 0 Å². The maximum absolute atomic E-state index is 3.86. The minimum Gasteiger partial charge on any atom is -0.357 e. The summed E-state index contributed by atoms with van der Waals surface area (Å²) in [7, 11) is 1.84. The molecule has 1 rings (SSSR count). The zero-order valence-corrected chi connectivity index (χ0v) is 6.33. The first-order valence-electron chi connectivity index (χ1n) is 3.44. The van der Waals surface area contributed by atoms with Crippen LogP contribution in [0.3, 0.4) is 0 Å². The van der Waals surface area contributed by atoms with E-state index in [1.807, 2.05) is 11.6 Å². The van der Waals surface area contributed by atoms with Gasteiger partial charge in [0.1, 0.15) is 6.33 Å². The molecule has 1 aromatic heterocycles. The Balaban J connectivity index is 2.70. The molecule has 10 heavy (non-hydrogen) atoms. The monoisotopic (exact) mass is 140 g/mol. The lowest BCUT2D eigenvalue weighted by atomic mass is 10.5. The van der Waals surface area contributed by atoms with E-state index in [4.69, 9.17) is 0 Å². The quantitative estimate of drug-likeness (QED) is 0.673. The molecule has 4 nitrogen and oxygen atoms in total. The largest absolute Gasteiger partial charge is 0.357 e. The molecule has 0 aliphatic heterocycles. The average molecular weight is 140 g/mol. The minimum absolute atomic E-state index is 0.835. The van der Waals surface area contributed by atoms with E-state index in [0.717, 1.165) is 18.9 Å². The Labute approximate surface area is 60.3 Å². The number of hydrogen-bond acceptors (Lipinski definition) is 3. The topological polar surface area (TPSA) is 42.7 Å². The third-order valence-corrected chi connectivity index (χ3v) is 1.30. The van der Waals surface area contributed by atoms with E-state index in [1.165, 1.54) is 0 Å². The molecule has 0 atom stereocenters. The van der Waals surface area contributed by atoms with Crippen LogP contribution in [0.2, 0.25) is 0 Å².